The minimum Gasteiger partial charge on any atom is -0.375 e. The number of amides is 1. The van der Waals surface area contributed by atoms with E-state index in [0.29, 0.717) is 46.6 Å². The summed E-state index contributed by atoms with van der Waals surface area (Å²) >= 11 is 2.11. The van der Waals surface area contributed by atoms with E-state index in [1.54, 1.807) is 0 Å². The number of ether oxygens (including phenoxy) is 3. The van der Waals surface area contributed by atoms with Crippen LogP contribution in [0.4, 0.5) is 13.2 Å². The van der Waals surface area contributed by atoms with E-state index in [4.69, 9.17) is 14.5 Å². The second-order valence-electron chi connectivity index (χ2n) is 22.2. The summed E-state index contributed by atoms with van der Waals surface area (Å²) in [5.41, 5.74) is 15.9. The molecule has 5 aliphatic heterocycles. The molecule has 1 spiro atoms. The highest BCUT2D eigenvalue weighted by atomic mass is 32.2. The van der Waals surface area contributed by atoms with Crippen molar-refractivity contribution < 1.29 is 32.2 Å². The Morgan fingerprint density at radius 3 is 2.40 bits per heavy atom. The van der Waals surface area contributed by atoms with Crippen LogP contribution in [0.15, 0.2) is 4.99 Å². The third-order valence-electron chi connectivity index (χ3n) is 17.8. The monoisotopic (exact) mass is 963 g/mol. The van der Waals surface area contributed by atoms with Gasteiger partial charge in [0.05, 0.1) is 60.7 Å². The molecule has 0 aromatic rings. The zero-order valence-electron chi connectivity index (χ0n) is 40.3. The van der Waals surface area contributed by atoms with E-state index in [0.717, 1.165) is 89.6 Å². The molecule has 9 rings (SSSR count). The van der Waals surface area contributed by atoms with Crippen molar-refractivity contribution in [3.8, 4) is 6.07 Å². The number of likely N-dealkylation sites (tertiary alicyclic amines) is 1. The zero-order chi connectivity index (χ0) is 46.7. The van der Waals surface area contributed by atoms with Crippen LogP contribution in [-0.2, 0) is 19.0 Å². The Bertz CT molecular complexity index is 1680. The van der Waals surface area contributed by atoms with Crippen molar-refractivity contribution in [2.24, 2.45) is 45.9 Å². The maximum atomic E-state index is 13.3. The Balaban J connectivity index is 0.667. The molecule has 0 bridgehead atoms. The number of nitriles is 1. The average Bonchev–Trinajstić information content (AvgIpc) is 3.89. The van der Waals surface area contributed by atoms with Gasteiger partial charge < -0.3 is 14.8 Å². The number of alkyl halides is 3. The number of carbonyl (C=O) groups excluding carboxylic acids is 1. The van der Waals surface area contributed by atoms with Gasteiger partial charge in [-0.05, 0) is 138 Å². The molecule has 378 valence electrons. The number of thioether (sulfide) groups is 1. The lowest BCUT2D eigenvalue weighted by molar-refractivity contribution is -0.351. The average molecular weight is 963 g/mol. The molecule has 14 nitrogen and oxygen atoms in total. The van der Waals surface area contributed by atoms with Gasteiger partial charge in [0.1, 0.15) is 12.3 Å². The van der Waals surface area contributed by atoms with Crippen molar-refractivity contribution in [1.82, 2.24) is 42.6 Å². The van der Waals surface area contributed by atoms with Crippen molar-refractivity contribution in [3.05, 3.63) is 0 Å². The first-order valence-corrected chi connectivity index (χ1v) is 27.5. The molecule has 0 aromatic carbocycles. The molecular weight excluding hydrogens is 882 g/mol. The molecule has 8 fully saturated rings. The lowest BCUT2D eigenvalue weighted by Crippen LogP contribution is -2.63. The van der Waals surface area contributed by atoms with Crippen LogP contribution in [0.5, 0.6) is 0 Å². The van der Waals surface area contributed by atoms with Crippen molar-refractivity contribution in [3.63, 3.8) is 0 Å². The number of piperidine rings is 1. The molecule has 4 saturated carbocycles. The molecule has 7 N–H and O–H groups in total. The Morgan fingerprint density at radius 1 is 0.970 bits per heavy atom. The fourth-order valence-electron chi connectivity index (χ4n) is 13.9. The van der Waals surface area contributed by atoms with Gasteiger partial charge in [-0.2, -0.15) is 5.26 Å². The second kappa shape index (κ2) is 22.4. The Kier molecular flexibility index (Phi) is 16.8. The molecule has 67 heavy (non-hydrogen) atoms. The number of hydrogen-bond donors (Lipinski definition) is 7. The Hall–Kier alpha value is -1.63. The molecule has 11 unspecified atom stereocenters. The second-order valence-corrected chi connectivity index (χ2v) is 23.7. The minimum absolute atomic E-state index is 0.0212. The number of aliphatic imine (C=N–C) groups is 1. The van der Waals surface area contributed by atoms with Gasteiger partial charge in [-0.25, -0.2) is 16.3 Å². The van der Waals surface area contributed by atoms with Crippen molar-refractivity contribution >= 4 is 23.4 Å². The molecule has 12 atom stereocenters. The van der Waals surface area contributed by atoms with E-state index in [-0.39, 0.29) is 61.2 Å². The van der Waals surface area contributed by atoms with Gasteiger partial charge in [0, 0.05) is 61.9 Å². The molecule has 0 aromatic heterocycles. The van der Waals surface area contributed by atoms with Crippen LogP contribution >= 0.6 is 11.8 Å². The zero-order valence-corrected chi connectivity index (χ0v) is 41.1. The summed E-state index contributed by atoms with van der Waals surface area (Å²) in [6.07, 6.45) is 12.5. The number of nitrogens with zero attached hydrogens (tertiary/aromatic N) is 3. The molecule has 5 heterocycles. The number of rotatable bonds is 14. The highest BCUT2D eigenvalue weighted by Crippen LogP contribution is 2.56. The smallest absolute Gasteiger partial charge is 0.375 e. The molecule has 1 amide bonds. The number of nitrogens with one attached hydrogen (secondary N) is 7. The van der Waals surface area contributed by atoms with Crippen LogP contribution in [0.1, 0.15) is 143 Å². The summed E-state index contributed by atoms with van der Waals surface area (Å²) in [6.45, 7) is 11.8. The van der Waals surface area contributed by atoms with Gasteiger partial charge in [-0.1, -0.05) is 20.8 Å². The number of fused-ring (bicyclic) bond motifs is 1. The van der Waals surface area contributed by atoms with E-state index < -0.39 is 18.4 Å². The molecule has 4 saturated heterocycles. The van der Waals surface area contributed by atoms with Gasteiger partial charge in [-0.3, -0.25) is 35.5 Å². The normalized spacial score (nSPS) is 42.0. The third-order valence-corrected chi connectivity index (χ3v) is 19.4. The van der Waals surface area contributed by atoms with Crippen LogP contribution < -0.4 is 37.7 Å². The first-order chi connectivity index (χ1) is 32.3. The predicted molar refractivity (Wildman–Crippen MR) is 253 cm³/mol. The summed E-state index contributed by atoms with van der Waals surface area (Å²) in [4.78, 5) is 21.7. The van der Waals surface area contributed by atoms with Crippen molar-refractivity contribution in [2.75, 3.05) is 32.8 Å². The van der Waals surface area contributed by atoms with E-state index in [9.17, 15) is 23.2 Å². The highest BCUT2D eigenvalue weighted by Gasteiger charge is 2.50. The molecule has 18 heteroatoms. The largest absolute Gasteiger partial charge is 0.522 e. The van der Waals surface area contributed by atoms with Crippen LogP contribution in [0.3, 0.4) is 0 Å². The summed E-state index contributed by atoms with van der Waals surface area (Å²) in [5.74, 6) is 2.59. The Labute approximate surface area is 401 Å². The van der Waals surface area contributed by atoms with E-state index >= 15 is 0 Å². The Morgan fingerprint density at radius 2 is 1.73 bits per heavy atom. The number of carbonyl (C=O) groups is 1. The molecular formula is C49H81F3N10O4S. The first kappa shape index (κ1) is 50.3. The molecule has 4 aliphatic carbocycles. The highest BCUT2D eigenvalue weighted by molar-refractivity contribution is 8.00. The molecule has 0 radical (unpaired) electrons. The summed E-state index contributed by atoms with van der Waals surface area (Å²) in [7, 11) is 0. The lowest BCUT2D eigenvalue weighted by Gasteiger charge is -2.54. The number of hydrazine groups is 2. The van der Waals surface area contributed by atoms with Crippen LogP contribution in [0.25, 0.3) is 0 Å². The van der Waals surface area contributed by atoms with Gasteiger partial charge in [-0.15, -0.1) is 24.9 Å². The van der Waals surface area contributed by atoms with Crippen LogP contribution in [0.2, 0.25) is 0 Å². The SMILES string of the molecule is CCNNC1NC2SC(C)C(C)C2C(C2CCC(CC3CC4(CCN(C5CCC(C(=O)NC6CCC(OC7CCC(C#N)C(OC(F)(F)F)C7)CC6)NN5)CC4)C3)CC2)=N[C@H]1CC1NCCO1. The summed E-state index contributed by atoms with van der Waals surface area (Å²) in [6, 6.07) is 1.86. The maximum Gasteiger partial charge on any atom is 0.522 e. The van der Waals surface area contributed by atoms with E-state index in [1.807, 2.05) is 6.07 Å². The van der Waals surface area contributed by atoms with Gasteiger partial charge >= 0.3 is 6.36 Å². The van der Waals surface area contributed by atoms with Crippen molar-refractivity contribution in [2.45, 2.75) is 215 Å². The van der Waals surface area contributed by atoms with Crippen LogP contribution in [0, 0.1) is 52.3 Å². The summed E-state index contributed by atoms with van der Waals surface area (Å²) in [5, 5.41) is 21.1. The van der Waals surface area contributed by atoms with Gasteiger partial charge in [0.25, 0.3) is 0 Å². The topological polar surface area (TPSA) is 168 Å². The maximum absolute atomic E-state index is 13.3. The number of hydrogen-bond acceptors (Lipinski definition) is 14. The van der Waals surface area contributed by atoms with Gasteiger partial charge in [0.2, 0.25) is 5.91 Å². The quantitative estimate of drug-likeness (QED) is 0.0985. The first-order valence-electron chi connectivity index (χ1n) is 26.5. The van der Waals surface area contributed by atoms with Gasteiger partial charge in [0.15, 0.2) is 0 Å². The molecule has 9 aliphatic rings. The standard InChI is InChI=1S/C49H81F3N10O4S/c1-4-55-61-45-39(25-42-54-19-22-64-42)57-44(43-29(2)30(3)67-47(43)58-45)33-7-5-31(6-8-33)23-32-26-48(27-32)17-20-62(21-18-48)41-16-15-38(59-60-41)46(63)56-35-10-13-36(14-11-35)65-37-12-9-34(28-53)40(24-37)66-49(50,51)52/h29-43,45,47,54-55,58-61H,4-27H2,1-3H3,(H,56,63)/t29?,30?,31?,33?,34?,35?,36?,37?,38?,39-,40?,41?,42?,43?,45?,47?/m0/s1. The number of halogens is 3. The van der Waals surface area contributed by atoms with E-state index in [2.05, 4.69) is 79.8 Å². The predicted octanol–water partition coefficient (Wildman–Crippen LogP) is 6.20. The fraction of sp³-hybridized carbons (Fsp3) is 0.939. The van der Waals surface area contributed by atoms with Crippen molar-refractivity contribution in [1.29, 1.82) is 5.26 Å². The van der Waals surface area contributed by atoms with Crippen LogP contribution in [-0.4, -0.2) is 121 Å². The lowest BCUT2D eigenvalue weighted by atomic mass is 9.55. The minimum atomic E-state index is -4.77. The van der Waals surface area contributed by atoms with E-state index in [1.165, 1.54) is 63.5 Å². The third kappa shape index (κ3) is 12.5. The summed E-state index contributed by atoms with van der Waals surface area (Å²) < 4.78 is 55.4. The fourth-order valence-corrected chi connectivity index (χ4v) is 15.6.